The lowest BCUT2D eigenvalue weighted by Gasteiger charge is -2.15. The number of amides is 2. The van der Waals surface area contributed by atoms with E-state index < -0.39 is 24.5 Å². The van der Waals surface area contributed by atoms with Crippen LogP contribution in [0, 0.1) is 0 Å². The van der Waals surface area contributed by atoms with Gasteiger partial charge in [0, 0.05) is 12.8 Å². The zero-order valence-electron chi connectivity index (χ0n) is 38.2. The van der Waals surface area contributed by atoms with E-state index in [4.69, 9.17) is 14.9 Å². The second-order valence-electron chi connectivity index (χ2n) is 16.2. The number of carbonyl (C=O) groups excluding carboxylic acids is 3. The molecule has 9 heteroatoms. The molecule has 0 aliphatic heterocycles. The van der Waals surface area contributed by atoms with Gasteiger partial charge in [0.15, 0.2) is 0 Å². The standard InChI is InChI=1S/C51H88N2O7/c1-3-5-7-9-11-13-15-16-17-18-19-20-21-22-23-24-26-28-30-35-39-43-50(57)60-46(40-36-32-29-27-25-14-12-10-8-6-4-2)41-37-33-31-34-38-42-48(55)52-44-49(56)53-47(45-54)51(58)59/h12,14-16,18-19,27,29,36,40,46-47,54H,3-11,13,17,20-26,28,30-35,37-39,41-45H2,1-2H3,(H,52,55)(H,53,56)(H,58,59)/b14-12-,16-15-,19-18-,29-27-,40-36-. The molecule has 60 heavy (non-hydrogen) atoms. The number of carboxylic acid groups (broad SMARTS) is 1. The molecule has 0 saturated heterocycles. The molecule has 0 saturated carbocycles. The van der Waals surface area contributed by atoms with Crippen molar-refractivity contribution in [1.82, 2.24) is 10.6 Å². The number of aliphatic hydroxyl groups is 1. The summed E-state index contributed by atoms with van der Waals surface area (Å²) in [7, 11) is 0. The SMILES string of the molecule is CCCCC/C=C\C/C=C\C/C=C\C(CCCCCCCC(=O)NCC(=O)NC(CO)C(=O)O)OC(=O)CCCCCCCCCCC/C=C\C/C=C\CCCCCCC. The van der Waals surface area contributed by atoms with Crippen molar-refractivity contribution in [2.45, 2.75) is 225 Å². The van der Waals surface area contributed by atoms with E-state index >= 15 is 0 Å². The monoisotopic (exact) mass is 841 g/mol. The van der Waals surface area contributed by atoms with E-state index in [9.17, 15) is 19.2 Å². The van der Waals surface area contributed by atoms with Crippen LogP contribution in [-0.2, 0) is 23.9 Å². The summed E-state index contributed by atoms with van der Waals surface area (Å²) in [5.74, 6) is -2.40. The Balaban J connectivity index is 4.31. The van der Waals surface area contributed by atoms with E-state index in [0.29, 0.717) is 12.8 Å². The topological polar surface area (TPSA) is 142 Å². The Labute approximate surface area is 366 Å². The Hall–Kier alpha value is -3.46. The van der Waals surface area contributed by atoms with Crippen molar-refractivity contribution in [2.24, 2.45) is 0 Å². The fourth-order valence-electron chi connectivity index (χ4n) is 6.73. The Kier molecular flexibility index (Phi) is 42.5. The Bertz CT molecular complexity index is 1190. The lowest BCUT2D eigenvalue weighted by atomic mass is 10.1. The molecule has 9 nitrogen and oxygen atoms in total. The quantitative estimate of drug-likeness (QED) is 0.0272. The Morgan fingerprint density at radius 3 is 1.48 bits per heavy atom. The number of nitrogens with one attached hydrogen (secondary N) is 2. The van der Waals surface area contributed by atoms with Crippen LogP contribution in [0.25, 0.3) is 0 Å². The van der Waals surface area contributed by atoms with Crippen molar-refractivity contribution in [1.29, 1.82) is 0 Å². The van der Waals surface area contributed by atoms with Crippen LogP contribution in [0.3, 0.4) is 0 Å². The number of unbranched alkanes of at least 4 members (excludes halogenated alkanes) is 21. The normalized spacial score (nSPS) is 13.0. The van der Waals surface area contributed by atoms with Crippen molar-refractivity contribution in [2.75, 3.05) is 13.2 Å². The van der Waals surface area contributed by atoms with Gasteiger partial charge in [0.1, 0.15) is 12.1 Å². The molecule has 0 fully saturated rings. The van der Waals surface area contributed by atoms with Gasteiger partial charge >= 0.3 is 11.9 Å². The predicted molar refractivity (Wildman–Crippen MR) is 250 cm³/mol. The van der Waals surface area contributed by atoms with E-state index in [2.05, 4.69) is 79.2 Å². The van der Waals surface area contributed by atoms with Gasteiger partial charge in [-0.15, -0.1) is 0 Å². The van der Waals surface area contributed by atoms with E-state index in [-0.39, 0.29) is 30.9 Å². The third-order valence-electron chi connectivity index (χ3n) is 10.5. The van der Waals surface area contributed by atoms with Gasteiger partial charge in [0.05, 0.1) is 13.2 Å². The first-order valence-corrected chi connectivity index (χ1v) is 24.2. The van der Waals surface area contributed by atoms with Crippen LogP contribution in [0.4, 0.5) is 0 Å². The first-order valence-electron chi connectivity index (χ1n) is 24.2. The fraction of sp³-hybridized carbons (Fsp3) is 0.725. The molecule has 0 bridgehead atoms. The highest BCUT2D eigenvalue weighted by Gasteiger charge is 2.18. The number of esters is 1. The van der Waals surface area contributed by atoms with Gasteiger partial charge in [-0.25, -0.2) is 4.79 Å². The highest BCUT2D eigenvalue weighted by atomic mass is 16.5. The minimum atomic E-state index is -1.39. The minimum absolute atomic E-state index is 0.120. The molecule has 0 aliphatic rings. The lowest BCUT2D eigenvalue weighted by Crippen LogP contribution is -2.47. The predicted octanol–water partition coefficient (Wildman–Crippen LogP) is 12.5. The molecule has 2 atom stereocenters. The molecule has 344 valence electrons. The van der Waals surface area contributed by atoms with Gasteiger partial charge < -0.3 is 25.6 Å². The summed E-state index contributed by atoms with van der Waals surface area (Å²) >= 11 is 0. The maximum Gasteiger partial charge on any atom is 0.328 e. The molecule has 0 aromatic carbocycles. The van der Waals surface area contributed by atoms with E-state index in [1.807, 2.05) is 6.08 Å². The highest BCUT2D eigenvalue weighted by Crippen LogP contribution is 2.16. The highest BCUT2D eigenvalue weighted by molar-refractivity contribution is 5.87. The Morgan fingerprint density at radius 1 is 0.517 bits per heavy atom. The second kappa shape index (κ2) is 45.1. The average molecular weight is 841 g/mol. The van der Waals surface area contributed by atoms with Gasteiger partial charge in [-0.1, -0.05) is 171 Å². The first kappa shape index (κ1) is 56.5. The molecule has 0 heterocycles. The number of carboxylic acids is 1. The molecule has 0 aromatic rings. The lowest BCUT2D eigenvalue weighted by molar-refractivity contribution is -0.147. The number of rotatable bonds is 43. The van der Waals surface area contributed by atoms with Gasteiger partial charge in [-0.05, 0) is 89.5 Å². The van der Waals surface area contributed by atoms with Crippen molar-refractivity contribution >= 4 is 23.8 Å². The first-order chi connectivity index (χ1) is 29.3. The smallest absolute Gasteiger partial charge is 0.328 e. The average Bonchev–Trinajstić information content (AvgIpc) is 3.23. The van der Waals surface area contributed by atoms with Gasteiger partial charge in [-0.3, -0.25) is 14.4 Å². The zero-order chi connectivity index (χ0) is 44.0. The molecule has 0 radical (unpaired) electrons. The third kappa shape index (κ3) is 41.3. The number of allylic oxidation sites excluding steroid dienone is 9. The number of ether oxygens (including phenoxy) is 1. The summed E-state index contributed by atoms with van der Waals surface area (Å²) in [6, 6.07) is -1.39. The third-order valence-corrected chi connectivity index (χ3v) is 10.5. The number of hydrogen-bond donors (Lipinski definition) is 4. The van der Waals surface area contributed by atoms with Crippen LogP contribution >= 0.6 is 0 Å². The van der Waals surface area contributed by atoms with Crippen molar-refractivity contribution in [3.8, 4) is 0 Å². The zero-order valence-corrected chi connectivity index (χ0v) is 38.2. The number of carbonyl (C=O) groups is 4. The summed E-state index contributed by atoms with van der Waals surface area (Å²) in [6.45, 7) is 3.43. The van der Waals surface area contributed by atoms with Crippen molar-refractivity contribution in [3.05, 3.63) is 60.8 Å². The van der Waals surface area contributed by atoms with E-state index in [0.717, 1.165) is 70.6 Å². The second-order valence-corrected chi connectivity index (χ2v) is 16.2. The molecule has 4 N–H and O–H groups in total. The van der Waals surface area contributed by atoms with Crippen molar-refractivity contribution < 1.29 is 34.1 Å². The van der Waals surface area contributed by atoms with E-state index in [1.165, 1.54) is 109 Å². The van der Waals surface area contributed by atoms with Gasteiger partial charge in [0.2, 0.25) is 11.8 Å². The van der Waals surface area contributed by atoms with Crippen LogP contribution in [-0.4, -0.2) is 59.3 Å². The summed E-state index contributed by atoms with van der Waals surface area (Å²) < 4.78 is 5.93. The molecular weight excluding hydrogens is 753 g/mol. The molecular formula is C51H88N2O7. The molecule has 0 rings (SSSR count). The van der Waals surface area contributed by atoms with Crippen LogP contribution in [0.2, 0.25) is 0 Å². The number of aliphatic hydroxyl groups excluding tert-OH is 1. The fourth-order valence-corrected chi connectivity index (χ4v) is 6.73. The Morgan fingerprint density at radius 2 is 0.950 bits per heavy atom. The van der Waals surface area contributed by atoms with Crippen LogP contribution in [0.15, 0.2) is 60.8 Å². The maximum atomic E-state index is 12.8. The molecule has 0 spiro atoms. The maximum absolute atomic E-state index is 12.8. The molecule has 0 aliphatic carbocycles. The van der Waals surface area contributed by atoms with Gasteiger partial charge in [-0.2, -0.15) is 0 Å². The number of aliphatic carboxylic acids is 1. The number of hydrogen-bond acceptors (Lipinski definition) is 6. The van der Waals surface area contributed by atoms with Crippen molar-refractivity contribution in [3.63, 3.8) is 0 Å². The molecule has 0 aromatic heterocycles. The van der Waals surface area contributed by atoms with Gasteiger partial charge in [0.25, 0.3) is 0 Å². The van der Waals surface area contributed by atoms with Crippen LogP contribution in [0.1, 0.15) is 213 Å². The minimum Gasteiger partial charge on any atom is -0.480 e. The molecule has 2 unspecified atom stereocenters. The summed E-state index contributed by atoms with van der Waals surface area (Å²) in [5.41, 5.74) is 0. The summed E-state index contributed by atoms with van der Waals surface area (Å²) in [6.07, 6.45) is 55.6. The molecule has 2 amide bonds. The largest absolute Gasteiger partial charge is 0.480 e. The van der Waals surface area contributed by atoms with Crippen LogP contribution < -0.4 is 10.6 Å². The summed E-state index contributed by atoms with van der Waals surface area (Å²) in [5, 5.41) is 22.6. The van der Waals surface area contributed by atoms with E-state index in [1.54, 1.807) is 0 Å². The van der Waals surface area contributed by atoms with Crippen LogP contribution in [0.5, 0.6) is 0 Å². The summed E-state index contributed by atoms with van der Waals surface area (Å²) in [4.78, 5) is 47.6.